The van der Waals surface area contributed by atoms with Gasteiger partial charge in [-0.1, -0.05) is 18.7 Å². The van der Waals surface area contributed by atoms with E-state index in [0.29, 0.717) is 12.1 Å². The molecule has 2 rings (SSSR count). The van der Waals surface area contributed by atoms with E-state index < -0.39 is 7.12 Å². The Balaban J connectivity index is 0.00000162. The van der Waals surface area contributed by atoms with E-state index in [1.807, 2.05) is 27.7 Å². The first-order chi connectivity index (χ1) is 7.86. The summed E-state index contributed by atoms with van der Waals surface area (Å²) in [6, 6.07) is 2.09. The molecule has 1 fully saturated rings. The zero-order valence-corrected chi connectivity index (χ0v) is 11.7. The average molecular weight is 238 g/mol. The van der Waals surface area contributed by atoms with Crippen molar-refractivity contribution in [3.63, 3.8) is 0 Å². The second-order valence-corrected chi connectivity index (χ2v) is 5.30. The molecule has 0 atom stereocenters. The minimum absolute atomic E-state index is 0. The quantitative estimate of drug-likeness (QED) is 0.570. The summed E-state index contributed by atoms with van der Waals surface area (Å²) in [5, 5.41) is 13.1. The normalized spacial score (nSPS) is 24.3. The van der Waals surface area contributed by atoms with Crippen LogP contribution >= 0.6 is 0 Å². The fourth-order valence-electron chi connectivity index (χ4n) is 1.66. The van der Waals surface area contributed by atoms with Crippen LogP contribution in [0.2, 0.25) is 0 Å². The van der Waals surface area contributed by atoms with Gasteiger partial charge in [-0.3, -0.25) is 0 Å². The topological polar surface area (TPSA) is 56.3 Å². The molecular weight excluding hydrogens is 222 g/mol. The molecule has 0 radical (unpaired) electrons. The van der Waals surface area contributed by atoms with Gasteiger partial charge in [0.1, 0.15) is 0 Å². The molecule has 1 saturated heterocycles. The molecule has 0 aromatic carbocycles. The van der Waals surface area contributed by atoms with Crippen LogP contribution in [0.4, 0.5) is 0 Å². The third-order valence-corrected chi connectivity index (χ3v) is 3.53. The van der Waals surface area contributed by atoms with Crippen molar-refractivity contribution in [2.75, 3.05) is 6.54 Å². The fraction of sp³-hybridized carbons (Fsp3) is 0.583. The van der Waals surface area contributed by atoms with Gasteiger partial charge in [-0.2, -0.15) is 5.26 Å². The van der Waals surface area contributed by atoms with E-state index in [1.54, 1.807) is 12.2 Å². The van der Waals surface area contributed by atoms with E-state index in [0.717, 1.165) is 5.60 Å². The number of nitrogens with zero attached hydrogens (tertiary/aromatic N) is 2. The summed E-state index contributed by atoms with van der Waals surface area (Å²) in [7, 11) is -0.434. The molecule has 0 bridgehead atoms. The van der Waals surface area contributed by atoms with Crippen LogP contribution in [0, 0.1) is 11.3 Å². The van der Waals surface area contributed by atoms with Gasteiger partial charge in [-0.05, 0) is 27.7 Å². The number of hydrogen-bond donors (Lipinski definition) is 0. The predicted octanol–water partition coefficient (Wildman–Crippen LogP) is -0.657. The monoisotopic (exact) mass is 238 g/mol. The maximum Gasteiger partial charge on any atom is 1.00 e. The Morgan fingerprint density at radius 2 is 1.78 bits per heavy atom. The molecule has 90 valence electrons. The summed E-state index contributed by atoms with van der Waals surface area (Å²) in [6.45, 7) is 8.44. The van der Waals surface area contributed by atoms with Crippen molar-refractivity contribution in [1.29, 1.82) is 5.26 Å². The van der Waals surface area contributed by atoms with E-state index >= 15 is 0 Å². The summed E-state index contributed by atoms with van der Waals surface area (Å²) < 4.78 is 11.8. The zero-order chi connectivity index (χ0) is 12.7. The van der Waals surface area contributed by atoms with Gasteiger partial charge in [0, 0.05) is 5.57 Å². The average Bonchev–Trinajstić information content (AvgIpc) is 2.48. The van der Waals surface area contributed by atoms with Gasteiger partial charge in [0.05, 0.1) is 17.3 Å². The summed E-state index contributed by atoms with van der Waals surface area (Å²) in [5.41, 5.74) is 0.702. The van der Waals surface area contributed by atoms with E-state index in [9.17, 15) is 0 Å². The van der Waals surface area contributed by atoms with Crippen molar-refractivity contribution in [3.05, 3.63) is 28.6 Å². The Labute approximate surface area is 121 Å². The zero-order valence-electron chi connectivity index (χ0n) is 11.7. The molecule has 0 spiro atoms. The predicted molar refractivity (Wildman–Crippen MR) is 66.1 cm³/mol. The Kier molecular flexibility index (Phi) is 4.41. The molecule has 4 nitrogen and oxygen atoms in total. The Morgan fingerprint density at radius 1 is 1.22 bits per heavy atom. The van der Waals surface area contributed by atoms with Gasteiger partial charge < -0.3 is 14.6 Å². The van der Waals surface area contributed by atoms with Gasteiger partial charge in [0.25, 0.3) is 0 Å². The van der Waals surface area contributed by atoms with E-state index in [2.05, 4.69) is 11.4 Å². The van der Waals surface area contributed by atoms with Crippen molar-refractivity contribution in [3.8, 4) is 6.07 Å². The molecule has 6 heteroatoms. The van der Waals surface area contributed by atoms with Crippen LogP contribution in [-0.4, -0.2) is 24.9 Å². The van der Waals surface area contributed by atoms with Gasteiger partial charge in [0.2, 0.25) is 0 Å². The molecule has 0 N–H and O–H groups in total. The molecule has 2 heterocycles. The van der Waals surface area contributed by atoms with Crippen LogP contribution in [-0.2, 0) is 9.31 Å². The first kappa shape index (κ1) is 15.4. The van der Waals surface area contributed by atoms with Gasteiger partial charge >= 0.3 is 26.0 Å². The SMILES string of the molecule is CC1(C)OB(C2=CC=C(C#N)C[N-]2)OC1(C)C.[Li+]. The first-order valence-electron chi connectivity index (χ1n) is 5.70. The standard InChI is InChI=1S/C12H16BN2O2.Li/c1-11(2)12(3,4)17-13(16-11)10-6-5-9(7-14)8-15-10;/h5-6H,8H2,1-4H3;/q-1;+1. The molecule has 0 aromatic heterocycles. The summed E-state index contributed by atoms with van der Waals surface area (Å²) in [4.78, 5) is 0. The fourth-order valence-corrected chi connectivity index (χ4v) is 1.66. The number of allylic oxidation sites excluding steroid dienone is 2. The minimum Gasteiger partial charge on any atom is -0.687 e. The first-order valence-corrected chi connectivity index (χ1v) is 5.70. The number of hydrogen-bond acceptors (Lipinski definition) is 3. The van der Waals surface area contributed by atoms with Crippen molar-refractivity contribution in [2.45, 2.75) is 38.9 Å². The molecular formula is C12H16BLiN2O2. The van der Waals surface area contributed by atoms with E-state index in [-0.39, 0.29) is 30.1 Å². The largest absolute Gasteiger partial charge is 1.00 e. The van der Waals surface area contributed by atoms with E-state index in [4.69, 9.17) is 14.6 Å². The van der Waals surface area contributed by atoms with Crippen LogP contribution in [0.1, 0.15) is 27.7 Å². The Hall–Kier alpha value is -0.648. The smallest absolute Gasteiger partial charge is 0.687 e. The number of rotatable bonds is 1. The van der Waals surface area contributed by atoms with Crippen LogP contribution in [0.25, 0.3) is 5.32 Å². The van der Waals surface area contributed by atoms with E-state index in [1.165, 1.54) is 0 Å². The molecule has 0 aromatic rings. The van der Waals surface area contributed by atoms with Crippen LogP contribution < -0.4 is 18.9 Å². The third kappa shape index (κ3) is 2.68. The van der Waals surface area contributed by atoms with Crippen molar-refractivity contribution in [1.82, 2.24) is 0 Å². The molecule has 0 unspecified atom stereocenters. The van der Waals surface area contributed by atoms with Gasteiger partial charge in [-0.25, -0.2) is 0 Å². The Bertz CT molecular complexity index is 422. The molecule has 18 heavy (non-hydrogen) atoms. The van der Waals surface area contributed by atoms with Crippen molar-refractivity contribution < 1.29 is 28.2 Å². The molecule has 0 amide bonds. The van der Waals surface area contributed by atoms with Gasteiger partial charge in [0.15, 0.2) is 0 Å². The van der Waals surface area contributed by atoms with Crippen molar-refractivity contribution >= 4 is 7.12 Å². The summed E-state index contributed by atoms with van der Waals surface area (Å²) >= 11 is 0. The maximum absolute atomic E-state index is 8.74. The van der Waals surface area contributed by atoms with Gasteiger partial charge in [-0.15, -0.1) is 5.60 Å². The molecule has 0 aliphatic carbocycles. The third-order valence-electron chi connectivity index (χ3n) is 3.53. The second-order valence-electron chi connectivity index (χ2n) is 5.30. The minimum atomic E-state index is -0.434. The molecule has 0 saturated carbocycles. The number of nitriles is 1. The maximum atomic E-state index is 8.74. The van der Waals surface area contributed by atoms with Crippen LogP contribution in [0.15, 0.2) is 23.3 Å². The summed E-state index contributed by atoms with van der Waals surface area (Å²) in [5.74, 6) is 0. The molecule has 2 aliphatic heterocycles. The Morgan fingerprint density at radius 3 is 2.17 bits per heavy atom. The molecule has 2 aliphatic rings. The van der Waals surface area contributed by atoms with Crippen LogP contribution in [0.3, 0.4) is 0 Å². The van der Waals surface area contributed by atoms with Crippen LogP contribution in [0.5, 0.6) is 0 Å². The summed E-state index contributed by atoms with van der Waals surface area (Å²) in [6.07, 6.45) is 3.57. The van der Waals surface area contributed by atoms with Crippen molar-refractivity contribution in [2.24, 2.45) is 0 Å². The second kappa shape index (κ2) is 5.15.